The zero-order chi connectivity index (χ0) is 24.0. The first-order chi connectivity index (χ1) is 15.7. The summed E-state index contributed by atoms with van der Waals surface area (Å²) in [5.41, 5.74) is 2.41. The van der Waals surface area contributed by atoms with Crippen molar-refractivity contribution >= 4 is 30.3 Å². The van der Waals surface area contributed by atoms with Crippen LogP contribution in [0.4, 0.5) is 5.69 Å². The van der Waals surface area contributed by atoms with E-state index in [1.54, 1.807) is 0 Å². The van der Waals surface area contributed by atoms with Crippen molar-refractivity contribution in [2.24, 2.45) is 4.99 Å². The Bertz CT molecular complexity index is 980. The highest BCUT2D eigenvalue weighted by Gasteiger charge is 2.28. The van der Waals surface area contributed by atoms with Gasteiger partial charge >= 0.3 is 0 Å². The molecule has 0 unspecified atom stereocenters. The Morgan fingerprint density at radius 3 is 1.64 bits per heavy atom. The quantitative estimate of drug-likeness (QED) is 0.251. The molecule has 0 saturated heterocycles. The lowest BCUT2D eigenvalue weighted by Gasteiger charge is -2.38. The van der Waals surface area contributed by atoms with Crippen LogP contribution >= 0.6 is 8.07 Å². The van der Waals surface area contributed by atoms with Crippen LogP contribution in [0.25, 0.3) is 0 Å². The molecular formula is C29H38N3P. The summed E-state index contributed by atoms with van der Waals surface area (Å²) in [6.45, 7) is 15.6. The van der Waals surface area contributed by atoms with Crippen molar-refractivity contribution in [1.82, 2.24) is 9.99 Å². The number of hydrogen-bond acceptors (Lipinski definition) is 1. The minimum atomic E-state index is -0.805. The zero-order valence-electron chi connectivity index (χ0n) is 21.1. The van der Waals surface area contributed by atoms with Gasteiger partial charge in [-0.1, -0.05) is 93.6 Å². The van der Waals surface area contributed by atoms with Gasteiger partial charge in [-0.15, -0.1) is 0 Å². The summed E-state index contributed by atoms with van der Waals surface area (Å²) in [5.74, 6) is 0.919. The standard InChI is InChI=1S/C29H38N3P/c1-22(2)30-28(31-25-20-18-24(19-21-25)29(5,6)7)32(23(3)4)33(26-14-10-8-11-15-26)27-16-12-9-13-17-27/h8-23H,1-7H3,(H,30,31). The van der Waals surface area contributed by atoms with E-state index >= 15 is 0 Å². The number of aliphatic imine (C=N–C) groups is 1. The second kappa shape index (κ2) is 11.0. The first-order valence-corrected chi connectivity index (χ1v) is 13.1. The summed E-state index contributed by atoms with van der Waals surface area (Å²) >= 11 is 0. The molecule has 33 heavy (non-hydrogen) atoms. The van der Waals surface area contributed by atoms with Crippen LogP contribution < -0.4 is 15.9 Å². The largest absolute Gasteiger partial charge is 0.354 e. The van der Waals surface area contributed by atoms with Gasteiger partial charge in [0.05, 0.1) is 13.8 Å². The summed E-state index contributed by atoms with van der Waals surface area (Å²) in [7, 11) is -0.805. The van der Waals surface area contributed by atoms with Crippen LogP contribution in [0.1, 0.15) is 54.0 Å². The van der Waals surface area contributed by atoms with Crippen LogP contribution in [0.15, 0.2) is 89.9 Å². The van der Waals surface area contributed by atoms with Gasteiger partial charge in [0, 0.05) is 22.7 Å². The Morgan fingerprint density at radius 1 is 0.758 bits per heavy atom. The number of guanidine groups is 1. The molecule has 3 aromatic carbocycles. The van der Waals surface area contributed by atoms with E-state index in [0.29, 0.717) is 0 Å². The number of rotatable bonds is 6. The van der Waals surface area contributed by atoms with E-state index < -0.39 is 8.07 Å². The molecule has 0 amide bonds. The lowest BCUT2D eigenvalue weighted by molar-refractivity contribution is 0.511. The average molecular weight is 460 g/mol. The first kappa shape index (κ1) is 25.0. The molecule has 0 fully saturated rings. The van der Waals surface area contributed by atoms with Crippen molar-refractivity contribution in [1.29, 1.82) is 0 Å². The van der Waals surface area contributed by atoms with E-state index in [1.165, 1.54) is 16.2 Å². The fourth-order valence-electron chi connectivity index (χ4n) is 3.67. The number of nitrogens with zero attached hydrogens (tertiary/aromatic N) is 2. The molecule has 0 aliphatic carbocycles. The Morgan fingerprint density at radius 2 is 1.24 bits per heavy atom. The molecule has 0 atom stereocenters. The van der Waals surface area contributed by atoms with Gasteiger partial charge in [0.1, 0.15) is 0 Å². The van der Waals surface area contributed by atoms with Crippen molar-refractivity contribution in [2.45, 2.75) is 66.0 Å². The van der Waals surface area contributed by atoms with Crippen LogP contribution in [0, 0.1) is 0 Å². The van der Waals surface area contributed by atoms with Crippen molar-refractivity contribution in [3.8, 4) is 0 Å². The third kappa shape index (κ3) is 6.68. The van der Waals surface area contributed by atoms with Crippen molar-refractivity contribution < 1.29 is 0 Å². The zero-order valence-corrected chi connectivity index (χ0v) is 22.0. The summed E-state index contributed by atoms with van der Waals surface area (Å²) < 4.78 is 2.47. The van der Waals surface area contributed by atoms with Crippen molar-refractivity contribution in [3.05, 3.63) is 90.5 Å². The number of benzene rings is 3. The third-order valence-corrected chi connectivity index (χ3v) is 7.97. The molecule has 0 radical (unpaired) electrons. The molecule has 3 rings (SSSR count). The molecular weight excluding hydrogens is 421 g/mol. The average Bonchev–Trinajstić information content (AvgIpc) is 2.77. The van der Waals surface area contributed by atoms with Gasteiger partial charge < -0.3 is 9.99 Å². The molecule has 0 aromatic heterocycles. The highest BCUT2D eigenvalue weighted by atomic mass is 31.1. The molecule has 0 saturated carbocycles. The molecule has 0 bridgehead atoms. The summed E-state index contributed by atoms with van der Waals surface area (Å²) in [6.07, 6.45) is 0. The Hall–Kier alpha value is -2.64. The minimum absolute atomic E-state index is 0.125. The fraction of sp³-hybridized carbons (Fsp3) is 0.345. The smallest absolute Gasteiger partial charge is 0.203 e. The van der Waals surface area contributed by atoms with E-state index in [9.17, 15) is 0 Å². The summed E-state index contributed by atoms with van der Waals surface area (Å²) in [6, 6.07) is 30.8. The normalized spacial score (nSPS) is 12.5. The van der Waals surface area contributed by atoms with E-state index in [-0.39, 0.29) is 17.5 Å². The molecule has 3 nitrogen and oxygen atoms in total. The summed E-state index contributed by atoms with van der Waals surface area (Å²) in [4.78, 5) is 5.16. The molecule has 0 heterocycles. The fourth-order valence-corrected chi connectivity index (χ4v) is 6.13. The van der Waals surface area contributed by atoms with Gasteiger partial charge in [0.2, 0.25) is 5.96 Å². The van der Waals surface area contributed by atoms with Crippen LogP contribution in [-0.2, 0) is 5.41 Å². The maximum Gasteiger partial charge on any atom is 0.203 e. The Balaban J connectivity index is 2.13. The third-order valence-electron chi connectivity index (χ3n) is 5.31. The lowest BCUT2D eigenvalue weighted by atomic mass is 9.87. The Labute approximate surface area is 201 Å². The minimum Gasteiger partial charge on any atom is -0.354 e. The van der Waals surface area contributed by atoms with Gasteiger partial charge in [-0.05, 0) is 50.8 Å². The molecule has 0 spiro atoms. The van der Waals surface area contributed by atoms with Crippen molar-refractivity contribution in [2.75, 3.05) is 0 Å². The molecule has 3 aromatic rings. The van der Waals surface area contributed by atoms with Gasteiger partial charge in [0.25, 0.3) is 0 Å². The van der Waals surface area contributed by atoms with Crippen molar-refractivity contribution in [3.63, 3.8) is 0 Å². The highest BCUT2D eigenvalue weighted by molar-refractivity contribution is 7.71. The topological polar surface area (TPSA) is 27.6 Å². The van der Waals surface area contributed by atoms with Crippen LogP contribution in [0.2, 0.25) is 0 Å². The van der Waals surface area contributed by atoms with Gasteiger partial charge in [-0.25, -0.2) is 4.99 Å². The predicted molar refractivity (Wildman–Crippen MR) is 147 cm³/mol. The second-order valence-corrected chi connectivity index (χ2v) is 12.0. The Kier molecular flexibility index (Phi) is 8.32. The SMILES string of the molecule is CC(C)N/C(=N\c1ccc(C(C)(C)C)cc1)N(C(C)C)P(c1ccccc1)c1ccccc1. The van der Waals surface area contributed by atoms with E-state index in [4.69, 9.17) is 4.99 Å². The predicted octanol–water partition coefficient (Wildman–Crippen LogP) is 6.73. The van der Waals surface area contributed by atoms with Gasteiger partial charge in [-0.3, -0.25) is 0 Å². The molecule has 174 valence electrons. The molecule has 1 N–H and O–H groups in total. The number of nitrogens with one attached hydrogen (secondary N) is 1. The molecule has 4 heteroatoms. The maximum atomic E-state index is 5.16. The lowest BCUT2D eigenvalue weighted by Crippen LogP contribution is -2.47. The van der Waals surface area contributed by atoms with Crippen LogP contribution in [0.3, 0.4) is 0 Å². The monoisotopic (exact) mass is 459 g/mol. The maximum absolute atomic E-state index is 5.16. The first-order valence-electron chi connectivity index (χ1n) is 11.8. The van der Waals surface area contributed by atoms with Crippen LogP contribution in [-0.4, -0.2) is 22.7 Å². The molecule has 0 aliphatic rings. The highest BCUT2D eigenvalue weighted by Crippen LogP contribution is 2.40. The number of hydrogen-bond donors (Lipinski definition) is 1. The van der Waals surface area contributed by atoms with E-state index in [2.05, 4.69) is 143 Å². The van der Waals surface area contributed by atoms with E-state index in [1.807, 2.05) is 0 Å². The van der Waals surface area contributed by atoms with E-state index in [0.717, 1.165) is 11.6 Å². The molecule has 0 aliphatic heterocycles. The van der Waals surface area contributed by atoms with Gasteiger partial charge in [-0.2, -0.15) is 0 Å². The van der Waals surface area contributed by atoms with Crippen LogP contribution in [0.5, 0.6) is 0 Å². The summed E-state index contributed by atoms with van der Waals surface area (Å²) in [5, 5.41) is 6.29. The second-order valence-electron chi connectivity index (χ2n) is 9.95. The van der Waals surface area contributed by atoms with Gasteiger partial charge in [0.15, 0.2) is 0 Å².